The summed E-state index contributed by atoms with van der Waals surface area (Å²) in [4.78, 5) is 12.5. The Morgan fingerprint density at radius 3 is 2.36 bits per heavy atom. The van der Waals surface area contributed by atoms with Crippen LogP contribution in [0.5, 0.6) is 11.5 Å². The number of carbonyl (C=O) groups excluding carboxylic acids is 1. The van der Waals surface area contributed by atoms with E-state index in [1.54, 1.807) is 18.2 Å². The maximum Gasteiger partial charge on any atom is 0.241 e. The molecule has 3 rings (SSSR count). The molecule has 7 nitrogen and oxygen atoms in total. The lowest BCUT2D eigenvalue weighted by atomic mass is 9.99. The van der Waals surface area contributed by atoms with Gasteiger partial charge in [0.15, 0.2) is 11.5 Å². The summed E-state index contributed by atoms with van der Waals surface area (Å²) in [5.41, 5.74) is 3.62. The predicted octanol–water partition coefficient (Wildman–Crippen LogP) is 4.17. The summed E-state index contributed by atoms with van der Waals surface area (Å²) in [5.74, 6) is 0.164. The van der Waals surface area contributed by atoms with E-state index in [9.17, 15) is 13.2 Å². The summed E-state index contributed by atoms with van der Waals surface area (Å²) in [5, 5.41) is 3.32. The fourth-order valence-electron chi connectivity index (χ4n) is 3.27. The fourth-order valence-corrected chi connectivity index (χ4v) is 4.46. The molecule has 0 atom stereocenters. The van der Waals surface area contributed by atoms with Crippen LogP contribution in [0.15, 0.2) is 65.6 Å². The fraction of sp³-hybridized carbons (Fsp3) is 0.208. The van der Waals surface area contributed by atoms with Gasteiger partial charge in [-0.2, -0.15) is 0 Å². The molecule has 1 amide bonds. The van der Waals surface area contributed by atoms with Crippen molar-refractivity contribution in [3.05, 3.63) is 82.4 Å². The highest BCUT2D eigenvalue weighted by Gasteiger charge is 2.19. The molecular weight excluding hydrogens is 464 g/mol. The number of methoxy groups -OCH3 is 2. The Morgan fingerprint density at radius 2 is 1.67 bits per heavy atom. The third-order valence-corrected chi connectivity index (χ3v) is 6.71. The van der Waals surface area contributed by atoms with Crippen molar-refractivity contribution in [2.45, 2.75) is 18.2 Å². The van der Waals surface area contributed by atoms with Crippen molar-refractivity contribution in [1.82, 2.24) is 4.72 Å². The van der Waals surface area contributed by atoms with Gasteiger partial charge in [0.2, 0.25) is 15.9 Å². The number of ether oxygens (including phenoxy) is 2. The third-order valence-electron chi connectivity index (χ3n) is 5.07. The molecule has 0 aliphatic heterocycles. The average molecular weight is 489 g/mol. The zero-order chi connectivity index (χ0) is 24.0. The molecule has 2 N–H and O–H groups in total. The Morgan fingerprint density at radius 1 is 0.939 bits per heavy atom. The molecule has 0 aliphatic rings. The normalized spacial score (nSPS) is 11.2. The number of anilines is 1. The van der Waals surface area contributed by atoms with E-state index >= 15 is 0 Å². The zero-order valence-corrected chi connectivity index (χ0v) is 20.1. The SMILES string of the molecule is COc1ccc(S(=O)(=O)NCC(=O)Nc2ccc(Cl)cc2Cc2ccccc2C)cc1OC. The molecule has 0 unspecified atom stereocenters. The second kappa shape index (κ2) is 10.7. The Balaban J connectivity index is 1.72. The number of nitrogens with one attached hydrogen (secondary N) is 2. The first-order chi connectivity index (χ1) is 15.7. The summed E-state index contributed by atoms with van der Waals surface area (Å²) >= 11 is 6.17. The molecule has 0 saturated carbocycles. The van der Waals surface area contributed by atoms with E-state index in [0.29, 0.717) is 22.9 Å². The van der Waals surface area contributed by atoms with Gasteiger partial charge in [-0.25, -0.2) is 13.1 Å². The molecule has 0 spiro atoms. The number of halogens is 1. The van der Waals surface area contributed by atoms with Crippen LogP contribution in [-0.4, -0.2) is 35.1 Å². The van der Waals surface area contributed by atoms with Crippen LogP contribution in [-0.2, 0) is 21.2 Å². The highest BCUT2D eigenvalue weighted by molar-refractivity contribution is 7.89. The van der Waals surface area contributed by atoms with Gasteiger partial charge < -0.3 is 14.8 Å². The highest BCUT2D eigenvalue weighted by Crippen LogP contribution is 2.29. The zero-order valence-electron chi connectivity index (χ0n) is 18.5. The Bertz CT molecular complexity index is 1260. The van der Waals surface area contributed by atoms with E-state index in [0.717, 1.165) is 16.7 Å². The van der Waals surface area contributed by atoms with Crippen LogP contribution in [0.4, 0.5) is 5.69 Å². The summed E-state index contributed by atoms with van der Waals surface area (Å²) in [6.45, 7) is 1.57. The van der Waals surface area contributed by atoms with E-state index in [1.807, 2.05) is 31.2 Å². The van der Waals surface area contributed by atoms with Crippen LogP contribution in [0.25, 0.3) is 0 Å². The molecule has 9 heteroatoms. The predicted molar refractivity (Wildman–Crippen MR) is 129 cm³/mol. The van der Waals surface area contributed by atoms with Crippen LogP contribution >= 0.6 is 11.6 Å². The van der Waals surface area contributed by atoms with Gasteiger partial charge in [0, 0.05) is 16.8 Å². The van der Waals surface area contributed by atoms with E-state index in [-0.39, 0.29) is 10.6 Å². The van der Waals surface area contributed by atoms with Gasteiger partial charge in [-0.3, -0.25) is 4.79 Å². The number of carbonyl (C=O) groups is 1. The second-order valence-electron chi connectivity index (χ2n) is 7.29. The van der Waals surface area contributed by atoms with Gasteiger partial charge >= 0.3 is 0 Å². The monoisotopic (exact) mass is 488 g/mol. The third kappa shape index (κ3) is 6.25. The van der Waals surface area contributed by atoms with E-state index < -0.39 is 22.5 Å². The molecule has 0 bridgehead atoms. The number of hydrogen-bond acceptors (Lipinski definition) is 5. The largest absolute Gasteiger partial charge is 0.493 e. The number of aryl methyl sites for hydroxylation is 1. The summed E-state index contributed by atoms with van der Waals surface area (Å²) in [6, 6.07) is 17.3. The van der Waals surface area contributed by atoms with Gasteiger partial charge in [-0.05, 0) is 60.4 Å². The van der Waals surface area contributed by atoms with E-state index in [1.165, 1.54) is 32.4 Å². The molecule has 0 radical (unpaired) electrons. The van der Waals surface area contributed by atoms with Crippen molar-refractivity contribution in [3.8, 4) is 11.5 Å². The van der Waals surface area contributed by atoms with Gasteiger partial charge in [0.25, 0.3) is 0 Å². The van der Waals surface area contributed by atoms with Crippen molar-refractivity contribution in [2.75, 3.05) is 26.1 Å². The second-order valence-corrected chi connectivity index (χ2v) is 9.50. The topological polar surface area (TPSA) is 93.7 Å². The van der Waals surface area contributed by atoms with Gasteiger partial charge in [0.05, 0.1) is 25.7 Å². The molecule has 0 heterocycles. The van der Waals surface area contributed by atoms with Crippen molar-refractivity contribution >= 4 is 33.2 Å². The molecule has 33 heavy (non-hydrogen) atoms. The number of hydrogen-bond donors (Lipinski definition) is 2. The van der Waals surface area contributed by atoms with Crippen LogP contribution in [0.2, 0.25) is 5.02 Å². The standard InChI is InChI=1S/C24H25ClN2O5S/c1-16-6-4-5-7-17(16)12-18-13-19(25)8-10-21(18)27-24(28)15-26-33(29,30)20-9-11-22(31-2)23(14-20)32-3/h4-11,13-14,26H,12,15H2,1-3H3,(H,27,28). The smallest absolute Gasteiger partial charge is 0.241 e. The average Bonchev–Trinajstić information content (AvgIpc) is 2.80. The minimum Gasteiger partial charge on any atom is -0.493 e. The van der Waals surface area contributed by atoms with Crippen LogP contribution in [0.1, 0.15) is 16.7 Å². The maximum atomic E-state index is 12.6. The number of rotatable bonds is 9. The lowest BCUT2D eigenvalue weighted by molar-refractivity contribution is -0.115. The van der Waals surface area contributed by atoms with Crippen molar-refractivity contribution in [1.29, 1.82) is 0 Å². The van der Waals surface area contributed by atoms with Crippen LogP contribution in [0.3, 0.4) is 0 Å². The first kappa shape index (κ1) is 24.6. The van der Waals surface area contributed by atoms with Gasteiger partial charge in [-0.15, -0.1) is 0 Å². The molecule has 0 saturated heterocycles. The quantitative estimate of drug-likeness (QED) is 0.471. The highest BCUT2D eigenvalue weighted by atomic mass is 35.5. The summed E-state index contributed by atoms with van der Waals surface area (Å²) in [6.07, 6.45) is 0.570. The number of amides is 1. The van der Waals surface area contributed by atoms with Crippen LogP contribution < -0.4 is 19.5 Å². The van der Waals surface area contributed by atoms with Crippen LogP contribution in [0, 0.1) is 6.92 Å². The molecule has 0 aliphatic carbocycles. The van der Waals surface area contributed by atoms with Crippen molar-refractivity contribution < 1.29 is 22.7 Å². The maximum absolute atomic E-state index is 12.6. The first-order valence-corrected chi connectivity index (χ1v) is 11.9. The van der Waals surface area contributed by atoms with Crippen molar-refractivity contribution in [2.24, 2.45) is 0 Å². The van der Waals surface area contributed by atoms with E-state index in [2.05, 4.69) is 10.0 Å². The molecular formula is C24H25ClN2O5S. The Labute approximate surface area is 198 Å². The van der Waals surface area contributed by atoms with Crippen molar-refractivity contribution in [3.63, 3.8) is 0 Å². The molecule has 174 valence electrons. The Hall–Kier alpha value is -3.07. The lowest BCUT2D eigenvalue weighted by Crippen LogP contribution is -2.33. The molecule has 0 aromatic heterocycles. The summed E-state index contributed by atoms with van der Waals surface area (Å²) < 4.78 is 37.9. The minimum atomic E-state index is -3.94. The van der Waals surface area contributed by atoms with Gasteiger partial charge in [0.1, 0.15) is 0 Å². The first-order valence-electron chi connectivity index (χ1n) is 10.1. The summed E-state index contributed by atoms with van der Waals surface area (Å²) in [7, 11) is -1.07. The molecule has 3 aromatic carbocycles. The number of benzene rings is 3. The van der Waals surface area contributed by atoms with E-state index in [4.69, 9.17) is 21.1 Å². The van der Waals surface area contributed by atoms with Gasteiger partial charge in [-0.1, -0.05) is 35.9 Å². The molecule has 0 fully saturated rings. The molecule has 3 aromatic rings. The Kier molecular flexibility index (Phi) is 7.97. The minimum absolute atomic E-state index is 0.0420. The number of sulfonamides is 1. The lowest BCUT2D eigenvalue weighted by Gasteiger charge is -2.14.